The van der Waals surface area contributed by atoms with E-state index in [0.717, 1.165) is 11.1 Å². The first-order chi connectivity index (χ1) is 12.7. The molecular weight excluding hydrogens is 334 g/mol. The largest absolute Gasteiger partial charge is 0.486 e. The molecule has 1 aliphatic heterocycles. The second kappa shape index (κ2) is 6.87. The monoisotopic (exact) mass is 351 g/mol. The van der Waals surface area contributed by atoms with Crippen LogP contribution in [0.25, 0.3) is 11.5 Å². The number of carbonyl (C=O) groups is 1. The highest BCUT2D eigenvalue weighted by Crippen LogP contribution is 2.34. The molecule has 2 aromatic carbocycles. The molecule has 7 nitrogen and oxygen atoms in total. The molecule has 0 fully saturated rings. The molecule has 0 bridgehead atoms. The van der Waals surface area contributed by atoms with Crippen LogP contribution in [0.2, 0.25) is 0 Å². The summed E-state index contributed by atoms with van der Waals surface area (Å²) in [6.45, 7) is 3.03. The summed E-state index contributed by atoms with van der Waals surface area (Å²) in [5.41, 5.74) is 2.76. The van der Waals surface area contributed by atoms with Gasteiger partial charge in [-0.1, -0.05) is 34.9 Å². The zero-order valence-corrected chi connectivity index (χ0v) is 14.2. The third-order valence-electron chi connectivity index (χ3n) is 3.95. The maximum Gasteiger partial charge on any atom is 0.322 e. The lowest BCUT2D eigenvalue weighted by Gasteiger charge is -2.18. The van der Waals surface area contributed by atoms with Gasteiger partial charge < -0.3 is 13.9 Å². The second-order valence-corrected chi connectivity index (χ2v) is 5.98. The number of nitrogens with zero attached hydrogens (tertiary/aromatic N) is 2. The average molecular weight is 351 g/mol. The summed E-state index contributed by atoms with van der Waals surface area (Å²) in [5, 5.41) is 10.5. The first-order valence-corrected chi connectivity index (χ1v) is 8.26. The minimum atomic E-state index is -0.216. The van der Waals surface area contributed by atoms with Crippen molar-refractivity contribution in [2.45, 2.75) is 13.3 Å². The Balaban J connectivity index is 1.44. The van der Waals surface area contributed by atoms with Gasteiger partial charge in [0.05, 0.1) is 6.42 Å². The van der Waals surface area contributed by atoms with E-state index in [2.05, 4.69) is 15.5 Å². The molecule has 1 aromatic heterocycles. The van der Waals surface area contributed by atoms with E-state index >= 15 is 0 Å². The summed E-state index contributed by atoms with van der Waals surface area (Å²) >= 11 is 0. The van der Waals surface area contributed by atoms with E-state index in [1.807, 2.05) is 31.2 Å². The number of hydrogen-bond acceptors (Lipinski definition) is 6. The lowest BCUT2D eigenvalue weighted by atomic mass is 10.1. The van der Waals surface area contributed by atoms with E-state index in [9.17, 15) is 4.79 Å². The number of benzene rings is 2. The van der Waals surface area contributed by atoms with Crippen LogP contribution in [0.1, 0.15) is 11.1 Å². The topological polar surface area (TPSA) is 86.5 Å². The molecule has 0 unspecified atom stereocenters. The summed E-state index contributed by atoms with van der Waals surface area (Å²) in [7, 11) is 0. The molecule has 0 saturated heterocycles. The molecule has 7 heteroatoms. The zero-order valence-electron chi connectivity index (χ0n) is 14.2. The Morgan fingerprint density at radius 1 is 1.04 bits per heavy atom. The van der Waals surface area contributed by atoms with Gasteiger partial charge >= 0.3 is 6.01 Å². The number of nitrogens with one attached hydrogen (secondary N) is 1. The Kier molecular flexibility index (Phi) is 4.27. The lowest BCUT2D eigenvalue weighted by molar-refractivity contribution is -0.115. The maximum absolute atomic E-state index is 12.1. The Morgan fingerprint density at radius 2 is 1.81 bits per heavy atom. The number of carbonyl (C=O) groups excluding carboxylic acids is 1. The Hall–Kier alpha value is -3.35. The molecule has 132 valence electrons. The molecule has 26 heavy (non-hydrogen) atoms. The molecule has 1 amide bonds. The van der Waals surface area contributed by atoms with Gasteiger partial charge in [-0.2, -0.15) is 0 Å². The van der Waals surface area contributed by atoms with E-state index in [1.165, 1.54) is 0 Å². The van der Waals surface area contributed by atoms with Crippen molar-refractivity contribution in [2.75, 3.05) is 18.5 Å². The van der Waals surface area contributed by atoms with Crippen LogP contribution in [0.3, 0.4) is 0 Å². The predicted molar refractivity (Wildman–Crippen MR) is 94.2 cm³/mol. The highest BCUT2D eigenvalue weighted by Gasteiger charge is 2.16. The highest BCUT2D eigenvalue weighted by atomic mass is 16.6. The number of amides is 1. The maximum atomic E-state index is 12.1. The summed E-state index contributed by atoms with van der Waals surface area (Å²) < 4.78 is 16.6. The van der Waals surface area contributed by atoms with Crippen LogP contribution in [0, 0.1) is 6.92 Å². The fourth-order valence-corrected chi connectivity index (χ4v) is 2.62. The van der Waals surface area contributed by atoms with E-state index < -0.39 is 0 Å². The van der Waals surface area contributed by atoms with Gasteiger partial charge in [0.2, 0.25) is 11.8 Å². The molecule has 0 atom stereocenters. The van der Waals surface area contributed by atoms with Gasteiger partial charge in [0.1, 0.15) is 13.2 Å². The molecule has 0 radical (unpaired) electrons. The van der Waals surface area contributed by atoms with Gasteiger partial charge in [-0.25, -0.2) is 0 Å². The van der Waals surface area contributed by atoms with Gasteiger partial charge in [0.15, 0.2) is 11.5 Å². The van der Waals surface area contributed by atoms with Crippen molar-refractivity contribution in [3.05, 3.63) is 53.6 Å². The number of anilines is 1. The van der Waals surface area contributed by atoms with Crippen molar-refractivity contribution < 1.29 is 18.7 Å². The first-order valence-electron chi connectivity index (χ1n) is 8.26. The molecule has 1 aliphatic rings. The van der Waals surface area contributed by atoms with Crippen molar-refractivity contribution in [2.24, 2.45) is 0 Å². The standard InChI is InChI=1S/C19H17N3O4/c1-12-2-4-13(5-3-12)10-17(23)20-19-22-21-18(26-19)14-6-7-15-16(11-14)25-9-8-24-15/h2-7,11H,8-10H2,1H3,(H,20,22,23). The van der Waals surface area contributed by atoms with Gasteiger partial charge in [0, 0.05) is 5.56 Å². The Labute approximate surface area is 150 Å². The van der Waals surface area contributed by atoms with Gasteiger partial charge in [-0.05, 0) is 30.7 Å². The number of hydrogen-bond donors (Lipinski definition) is 1. The number of aryl methyl sites for hydroxylation is 1. The number of aromatic nitrogens is 2. The summed E-state index contributed by atoms with van der Waals surface area (Å²) in [6, 6.07) is 13.2. The molecule has 3 aromatic rings. The fourth-order valence-electron chi connectivity index (χ4n) is 2.62. The minimum absolute atomic E-state index is 0.0620. The van der Waals surface area contributed by atoms with E-state index in [1.54, 1.807) is 18.2 Å². The van der Waals surface area contributed by atoms with Gasteiger partial charge in [-0.15, -0.1) is 5.10 Å². The van der Waals surface area contributed by atoms with Crippen molar-refractivity contribution in [1.82, 2.24) is 10.2 Å². The average Bonchev–Trinajstić information content (AvgIpc) is 3.11. The van der Waals surface area contributed by atoms with Crippen LogP contribution in [0.5, 0.6) is 11.5 Å². The van der Waals surface area contributed by atoms with Crippen LogP contribution >= 0.6 is 0 Å². The van der Waals surface area contributed by atoms with Crippen LogP contribution in [0.4, 0.5) is 6.01 Å². The van der Waals surface area contributed by atoms with Crippen LogP contribution in [-0.4, -0.2) is 29.3 Å². The minimum Gasteiger partial charge on any atom is -0.486 e. The zero-order chi connectivity index (χ0) is 17.9. The molecule has 4 rings (SSSR count). The van der Waals surface area contributed by atoms with Crippen molar-refractivity contribution in [3.8, 4) is 23.0 Å². The van der Waals surface area contributed by atoms with Crippen LogP contribution in [0.15, 0.2) is 46.9 Å². The van der Waals surface area contributed by atoms with E-state index in [4.69, 9.17) is 13.9 Å². The fraction of sp³-hybridized carbons (Fsp3) is 0.211. The molecule has 1 N–H and O–H groups in total. The van der Waals surface area contributed by atoms with Gasteiger partial charge in [-0.3, -0.25) is 10.1 Å². The SMILES string of the molecule is Cc1ccc(CC(=O)Nc2nnc(-c3ccc4c(c3)OCCO4)o2)cc1. The Morgan fingerprint density at radius 3 is 2.62 bits per heavy atom. The quantitative estimate of drug-likeness (QED) is 0.778. The molecular formula is C19H17N3O4. The lowest BCUT2D eigenvalue weighted by Crippen LogP contribution is -2.15. The molecule has 2 heterocycles. The van der Waals surface area contributed by atoms with Crippen molar-refractivity contribution in [1.29, 1.82) is 0 Å². The number of fused-ring (bicyclic) bond motifs is 1. The van der Waals surface area contributed by atoms with E-state index in [-0.39, 0.29) is 18.3 Å². The first kappa shape index (κ1) is 16.1. The predicted octanol–water partition coefficient (Wildman–Crippen LogP) is 3.00. The summed E-state index contributed by atoms with van der Waals surface area (Å²) in [6.07, 6.45) is 0.238. The summed E-state index contributed by atoms with van der Waals surface area (Å²) in [5.74, 6) is 1.40. The normalized spacial score (nSPS) is 12.7. The van der Waals surface area contributed by atoms with Crippen LogP contribution in [-0.2, 0) is 11.2 Å². The Bertz CT molecular complexity index is 934. The second-order valence-electron chi connectivity index (χ2n) is 5.98. The number of ether oxygens (including phenoxy) is 2. The van der Waals surface area contributed by atoms with E-state index in [0.29, 0.717) is 36.2 Å². The molecule has 0 aliphatic carbocycles. The third kappa shape index (κ3) is 3.51. The molecule has 0 spiro atoms. The number of rotatable bonds is 4. The molecule has 0 saturated carbocycles. The summed E-state index contributed by atoms with van der Waals surface area (Å²) in [4.78, 5) is 12.1. The van der Waals surface area contributed by atoms with Crippen molar-refractivity contribution in [3.63, 3.8) is 0 Å². The third-order valence-corrected chi connectivity index (χ3v) is 3.95. The van der Waals surface area contributed by atoms with Crippen molar-refractivity contribution >= 4 is 11.9 Å². The van der Waals surface area contributed by atoms with Gasteiger partial charge in [0.25, 0.3) is 0 Å². The highest BCUT2D eigenvalue weighted by molar-refractivity contribution is 5.90. The smallest absolute Gasteiger partial charge is 0.322 e. The van der Waals surface area contributed by atoms with Crippen LogP contribution < -0.4 is 14.8 Å².